The normalized spacial score (nSPS) is 11.7. The first-order chi connectivity index (χ1) is 11.9. The van der Waals surface area contributed by atoms with Crippen molar-refractivity contribution >= 4 is 5.78 Å². The van der Waals surface area contributed by atoms with Gasteiger partial charge in [0.25, 0.3) is 0 Å². The van der Waals surface area contributed by atoms with Crippen LogP contribution in [0, 0.1) is 37.1 Å². The fourth-order valence-electron chi connectivity index (χ4n) is 2.54. The minimum absolute atomic E-state index is 0.281. The molecule has 0 N–H and O–H groups in total. The lowest BCUT2D eigenvalue weighted by Crippen LogP contribution is -2.19. The number of carbonyl (C=O) groups is 1. The predicted octanol–water partition coefficient (Wildman–Crippen LogP) is 5.23. The maximum Gasteiger partial charge on any atom is 0.422 e. The Bertz CT molecular complexity index is 840. The molecule has 0 radical (unpaired) electrons. The number of hydrogen-bond acceptors (Lipinski definition) is 1. The maximum atomic E-state index is 13.8. The molecule has 0 heterocycles. The maximum absolute atomic E-state index is 13.8. The SMILES string of the molecule is Cc1ccc(C)c(CC(=O)Cc2c(F)c(F)c(C(F)(F)F)c(F)c2F)c1. The molecule has 1 nitrogen and oxygen atoms in total. The van der Waals surface area contributed by atoms with Crippen molar-refractivity contribution in [3.63, 3.8) is 0 Å². The van der Waals surface area contributed by atoms with E-state index in [1.807, 2.05) is 0 Å². The van der Waals surface area contributed by atoms with Gasteiger partial charge in [-0.2, -0.15) is 13.2 Å². The van der Waals surface area contributed by atoms with E-state index in [0.717, 1.165) is 11.1 Å². The van der Waals surface area contributed by atoms with Gasteiger partial charge in [-0.05, 0) is 25.0 Å². The topological polar surface area (TPSA) is 17.1 Å². The number of hydrogen-bond donors (Lipinski definition) is 0. The van der Waals surface area contributed by atoms with Crippen LogP contribution in [0.3, 0.4) is 0 Å². The molecule has 0 aliphatic heterocycles. The smallest absolute Gasteiger partial charge is 0.299 e. The summed E-state index contributed by atoms with van der Waals surface area (Å²) in [6, 6.07) is 5.16. The molecule has 2 rings (SSSR count). The van der Waals surface area contributed by atoms with Crippen LogP contribution < -0.4 is 0 Å². The molecule has 0 unspecified atom stereocenters. The summed E-state index contributed by atoms with van der Waals surface area (Å²) in [5.74, 6) is -10.4. The Kier molecular flexibility index (Phi) is 5.44. The van der Waals surface area contributed by atoms with E-state index in [9.17, 15) is 35.5 Å². The fourth-order valence-corrected chi connectivity index (χ4v) is 2.54. The second-order valence-electron chi connectivity index (χ2n) is 5.93. The molecule has 0 amide bonds. The Balaban J connectivity index is 2.38. The van der Waals surface area contributed by atoms with E-state index < -0.39 is 52.8 Å². The third-order valence-electron chi connectivity index (χ3n) is 3.90. The van der Waals surface area contributed by atoms with Crippen molar-refractivity contribution in [2.75, 3.05) is 0 Å². The van der Waals surface area contributed by atoms with Crippen LogP contribution in [0.2, 0.25) is 0 Å². The van der Waals surface area contributed by atoms with Crippen LogP contribution in [-0.2, 0) is 23.8 Å². The summed E-state index contributed by atoms with van der Waals surface area (Å²) in [6.07, 6.45) is -6.97. The Morgan fingerprint density at radius 1 is 0.885 bits per heavy atom. The summed E-state index contributed by atoms with van der Waals surface area (Å²) in [6.45, 7) is 3.45. The van der Waals surface area contributed by atoms with E-state index >= 15 is 0 Å². The highest BCUT2D eigenvalue weighted by molar-refractivity contribution is 5.83. The van der Waals surface area contributed by atoms with Crippen molar-refractivity contribution in [3.8, 4) is 0 Å². The molecule has 140 valence electrons. The quantitative estimate of drug-likeness (QED) is 0.526. The lowest BCUT2D eigenvalue weighted by atomic mass is 9.96. The van der Waals surface area contributed by atoms with Gasteiger partial charge in [-0.1, -0.05) is 23.8 Å². The van der Waals surface area contributed by atoms with Gasteiger partial charge in [-0.3, -0.25) is 4.79 Å². The van der Waals surface area contributed by atoms with E-state index in [4.69, 9.17) is 0 Å². The molecule has 2 aromatic rings. The standard InChI is InChI=1S/C18H13F7O/c1-8-3-4-9(2)10(5-8)6-11(26)7-12-14(19)16(21)13(18(23,24)25)17(22)15(12)20/h3-5H,6-7H2,1-2H3. The Hall–Kier alpha value is -2.38. The molecule has 0 spiro atoms. The van der Waals surface area contributed by atoms with Gasteiger partial charge >= 0.3 is 6.18 Å². The summed E-state index contributed by atoms with van der Waals surface area (Å²) in [5.41, 5.74) is -1.93. The molecular formula is C18H13F7O. The average Bonchev–Trinajstić information content (AvgIpc) is 2.52. The van der Waals surface area contributed by atoms with Crippen molar-refractivity contribution in [3.05, 3.63) is 69.3 Å². The largest absolute Gasteiger partial charge is 0.422 e. The Morgan fingerprint density at radius 3 is 1.92 bits per heavy atom. The third-order valence-corrected chi connectivity index (χ3v) is 3.90. The average molecular weight is 378 g/mol. The predicted molar refractivity (Wildman–Crippen MR) is 79.6 cm³/mol. The van der Waals surface area contributed by atoms with E-state index in [1.54, 1.807) is 32.0 Å². The molecule has 0 aliphatic carbocycles. The van der Waals surface area contributed by atoms with E-state index in [2.05, 4.69) is 0 Å². The zero-order valence-corrected chi connectivity index (χ0v) is 13.7. The first-order valence-electron chi connectivity index (χ1n) is 7.43. The van der Waals surface area contributed by atoms with Gasteiger partial charge in [-0.25, -0.2) is 17.6 Å². The van der Waals surface area contributed by atoms with E-state index in [1.165, 1.54) is 0 Å². The Morgan fingerprint density at radius 2 is 1.42 bits per heavy atom. The van der Waals surface area contributed by atoms with E-state index in [-0.39, 0.29) is 6.42 Å². The van der Waals surface area contributed by atoms with Crippen molar-refractivity contribution in [1.29, 1.82) is 0 Å². The summed E-state index contributed by atoms with van der Waals surface area (Å²) < 4.78 is 92.5. The number of benzene rings is 2. The van der Waals surface area contributed by atoms with Crippen LogP contribution in [0.25, 0.3) is 0 Å². The second kappa shape index (κ2) is 7.09. The van der Waals surface area contributed by atoms with Crippen molar-refractivity contribution in [2.24, 2.45) is 0 Å². The van der Waals surface area contributed by atoms with Gasteiger partial charge in [0.2, 0.25) is 0 Å². The molecule has 26 heavy (non-hydrogen) atoms. The summed E-state index contributed by atoms with van der Waals surface area (Å²) in [4.78, 5) is 12.1. The van der Waals surface area contributed by atoms with Gasteiger partial charge in [0, 0.05) is 18.4 Å². The molecule has 0 aliphatic rings. The number of Topliss-reactive ketones (excluding diaryl/α,β-unsaturated/α-hetero) is 1. The summed E-state index contributed by atoms with van der Waals surface area (Å²) >= 11 is 0. The van der Waals surface area contributed by atoms with Crippen LogP contribution in [-0.4, -0.2) is 5.78 Å². The molecule has 0 saturated heterocycles. The van der Waals surface area contributed by atoms with Crippen LogP contribution in [0.5, 0.6) is 0 Å². The van der Waals surface area contributed by atoms with Gasteiger partial charge < -0.3 is 0 Å². The zero-order chi connectivity index (χ0) is 19.8. The van der Waals surface area contributed by atoms with E-state index in [0.29, 0.717) is 5.56 Å². The summed E-state index contributed by atoms with van der Waals surface area (Å²) in [7, 11) is 0. The van der Waals surface area contributed by atoms with Crippen molar-refractivity contribution in [2.45, 2.75) is 32.9 Å². The molecule has 0 fully saturated rings. The van der Waals surface area contributed by atoms with Crippen LogP contribution >= 0.6 is 0 Å². The Labute approximate surface area is 144 Å². The second-order valence-corrected chi connectivity index (χ2v) is 5.93. The minimum atomic E-state index is -5.61. The molecule has 0 bridgehead atoms. The number of aryl methyl sites for hydroxylation is 2. The van der Waals surface area contributed by atoms with Gasteiger partial charge in [0.05, 0.1) is 0 Å². The molecule has 2 aromatic carbocycles. The van der Waals surface area contributed by atoms with Crippen LogP contribution in [0.15, 0.2) is 18.2 Å². The molecule has 0 aromatic heterocycles. The minimum Gasteiger partial charge on any atom is -0.299 e. The number of rotatable bonds is 4. The number of halogens is 7. The van der Waals surface area contributed by atoms with Gasteiger partial charge in [0.1, 0.15) is 11.3 Å². The fraction of sp³-hybridized carbons (Fsp3) is 0.278. The van der Waals surface area contributed by atoms with Crippen LogP contribution in [0.1, 0.15) is 27.8 Å². The molecule has 0 saturated carbocycles. The first-order valence-corrected chi connectivity index (χ1v) is 7.43. The van der Waals surface area contributed by atoms with Gasteiger partial charge in [-0.15, -0.1) is 0 Å². The monoisotopic (exact) mass is 378 g/mol. The highest BCUT2D eigenvalue weighted by atomic mass is 19.4. The van der Waals surface area contributed by atoms with Crippen molar-refractivity contribution < 1.29 is 35.5 Å². The lowest BCUT2D eigenvalue weighted by molar-refractivity contribution is -0.143. The first kappa shape index (κ1) is 19.9. The highest BCUT2D eigenvalue weighted by Crippen LogP contribution is 2.37. The number of alkyl halides is 3. The third kappa shape index (κ3) is 3.89. The number of carbonyl (C=O) groups excluding carboxylic acids is 1. The molecule has 0 atom stereocenters. The zero-order valence-electron chi connectivity index (χ0n) is 13.7. The van der Waals surface area contributed by atoms with Crippen molar-refractivity contribution in [1.82, 2.24) is 0 Å². The summed E-state index contributed by atoms with van der Waals surface area (Å²) in [5, 5.41) is 0. The highest BCUT2D eigenvalue weighted by Gasteiger charge is 2.42. The van der Waals surface area contributed by atoms with Crippen LogP contribution in [0.4, 0.5) is 30.7 Å². The number of ketones is 1. The molecular weight excluding hydrogens is 365 g/mol. The van der Waals surface area contributed by atoms with Gasteiger partial charge in [0.15, 0.2) is 23.3 Å². The molecule has 8 heteroatoms. The lowest BCUT2D eigenvalue weighted by Gasteiger charge is -2.14.